The van der Waals surface area contributed by atoms with Crippen LogP contribution in [-0.2, 0) is 28.0 Å². The molecule has 0 heterocycles. The predicted octanol–water partition coefficient (Wildman–Crippen LogP) is 5.67. The predicted molar refractivity (Wildman–Crippen MR) is 145 cm³/mol. The average molecular weight is 505 g/mol. The van der Waals surface area contributed by atoms with E-state index in [-0.39, 0.29) is 36.2 Å². The molecule has 0 aromatic heterocycles. The number of rotatable bonds is 11. The van der Waals surface area contributed by atoms with Crippen molar-refractivity contribution in [1.29, 1.82) is 0 Å². The van der Waals surface area contributed by atoms with Crippen LogP contribution in [0.4, 0.5) is 4.39 Å². The molecule has 2 amide bonds. The molecule has 3 aromatic rings. The van der Waals surface area contributed by atoms with Gasteiger partial charge in [-0.1, -0.05) is 88.4 Å². The third-order valence-corrected chi connectivity index (χ3v) is 6.13. The van der Waals surface area contributed by atoms with Crippen LogP contribution in [-0.4, -0.2) is 35.9 Å². The smallest absolute Gasteiger partial charge is 0.261 e. The molecule has 5 nitrogen and oxygen atoms in total. The number of nitrogens with one attached hydrogen (secondary N) is 1. The van der Waals surface area contributed by atoms with Crippen molar-refractivity contribution in [2.24, 2.45) is 0 Å². The molecule has 0 saturated heterocycles. The molecule has 1 N–H and O–H groups in total. The third-order valence-electron chi connectivity index (χ3n) is 6.13. The second kappa shape index (κ2) is 13.0. The molecular formula is C31H37FN2O3. The highest BCUT2D eigenvalue weighted by Crippen LogP contribution is 2.31. The lowest BCUT2D eigenvalue weighted by Crippen LogP contribution is -2.51. The maximum absolute atomic E-state index is 13.7. The molecular weight excluding hydrogens is 467 g/mol. The van der Waals surface area contributed by atoms with Crippen LogP contribution in [0, 0.1) is 5.82 Å². The van der Waals surface area contributed by atoms with Crippen LogP contribution in [0.5, 0.6) is 5.75 Å². The summed E-state index contributed by atoms with van der Waals surface area (Å²) in [6, 6.07) is 22.5. The van der Waals surface area contributed by atoms with Gasteiger partial charge in [0.2, 0.25) is 5.91 Å². The lowest BCUT2D eigenvalue weighted by atomic mass is 9.86. The lowest BCUT2D eigenvalue weighted by molar-refractivity contribution is -0.142. The number of carbonyl (C=O) groups is 2. The van der Waals surface area contributed by atoms with Gasteiger partial charge in [-0.25, -0.2) is 4.39 Å². The molecule has 0 aliphatic carbocycles. The Kier molecular flexibility index (Phi) is 9.84. The standard InChI is InChI=1S/C31H37FN2O3/c1-5-19-33-30(36)27(20-23-11-7-6-8-12-23)34(21-24-15-17-25(32)18-16-24)29(35)22-37-28-14-10-9-13-26(28)31(2,3)4/h6-18,27H,5,19-22H2,1-4H3,(H,33,36). The van der Waals surface area contributed by atoms with Crippen molar-refractivity contribution in [2.75, 3.05) is 13.2 Å². The zero-order chi connectivity index (χ0) is 26.8. The van der Waals surface area contributed by atoms with Gasteiger partial charge in [0.05, 0.1) is 0 Å². The Morgan fingerprint density at radius 3 is 2.22 bits per heavy atom. The molecule has 0 fully saturated rings. The zero-order valence-electron chi connectivity index (χ0n) is 22.2. The molecule has 0 bridgehead atoms. The van der Waals surface area contributed by atoms with Gasteiger partial charge in [-0.15, -0.1) is 0 Å². The number of halogens is 1. The van der Waals surface area contributed by atoms with Gasteiger partial charge in [0.25, 0.3) is 5.91 Å². The van der Waals surface area contributed by atoms with E-state index >= 15 is 0 Å². The molecule has 3 aromatic carbocycles. The molecule has 3 rings (SSSR count). The van der Waals surface area contributed by atoms with E-state index in [9.17, 15) is 14.0 Å². The van der Waals surface area contributed by atoms with Gasteiger partial charge in [0, 0.05) is 19.5 Å². The number of para-hydroxylation sites is 1. The molecule has 0 spiro atoms. The summed E-state index contributed by atoms with van der Waals surface area (Å²) in [6.07, 6.45) is 1.13. The number of carbonyl (C=O) groups excluding carboxylic acids is 2. The minimum absolute atomic E-state index is 0.153. The second-order valence-electron chi connectivity index (χ2n) is 10.2. The molecule has 37 heavy (non-hydrogen) atoms. The molecule has 6 heteroatoms. The lowest BCUT2D eigenvalue weighted by Gasteiger charge is -2.32. The van der Waals surface area contributed by atoms with E-state index in [4.69, 9.17) is 4.74 Å². The van der Waals surface area contributed by atoms with Crippen molar-refractivity contribution in [1.82, 2.24) is 10.2 Å². The topological polar surface area (TPSA) is 58.6 Å². The SMILES string of the molecule is CCCNC(=O)C(Cc1ccccc1)N(Cc1ccc(F)cc1)C(=O)COc1ccccc1C(C)(C)C. The van der Waals surface area contributed by atoms with Gasteiger partial charge in [-0.3, -0.25) is 9.59 Å². The molecule has 0 aliphatic rings. The fourth-order valence-electron chi connectivity index (χ4n) is 4.14. The van der Waals surface area contributed by atoms with E-state index in [1.165, 1.54) is 12.1 Å². The molecule has 1 unspecified atom stereocenters. The van der Waals surface area contributed by atoms with Gasteiger partial charge < -0.3 is 15.0 Å². The summed E-state index contributed by atoms with van der Waals surface area (Å²) >= 11 is 0. The quantitative estimate of drug-likeness (QED) is 0.366. The first kappa shape index (κ1) is 27.9. The van der Waals surface area contributed by atoms with Crippen molar-refractivity contribution >= 4 is 11.8 Å². The maximum atomic E-state index is 13.7. The minimum Gasteiger partial charge on any atom is -0.483 e. The summed E-state index contributed by atoms with van der Waals surface area (Å²) in [7, 11) is 0. The van der Waals surface area contributed by atoms with Crippen molar-refractivity contribution in [3.63, 3.8) is 0 Å². The highest BCUT2D eigenvalue weighted by molar-refractivity contribution is 5.88. The van der Waals surface area contributed by atoms with Gasteiger partial charge in [-0.2, -0.15) is 0 Å². The summed E-state index contributed by atoms with van der Waals surface area (Å²) in [4.78, 5) is 28.6. The van der Waals surface area contributed by atoms with Crippen LogP contribution in [0.1, 0.15) is 50.8 Å². The van der Waals surface area contributed by atoms with Gasteiger partial charge in [-0.05, 0) is 46.7 Å². The number of hydrogen-bond acceptors (Lipinski definition) is 3. The molecule has 0 radical (unpaired) electrons. The van der Waals surface area contributed by atoms with Crippen LogP contribution in [0.25, 0.3) is 0 Å². The van der Waals surface area contributed by atoms with E-state index < -0.39 is 6.04 Å². The number of amides is 2. The minimum atomic E-state index is -0.757. The van der Waals surface area contributed by atoms with E-state index in [1.54, 1.807) is 17.0 Å². The van der Waals surface area contributed by atoms with Crippen LogP contribution in [0.15, 0.2) is 78.9 Å². The molecule has 0 saturated carbocycles. The maximum Gasteiger partial charge on any atom is 0.261 e. The first-order chi connectivity index (χ1) is 17.7. The van der Waals surface area contributed by atoms with Gasteiger partial charge in [0.1, 0.15) is 17.6 Å². The fraction of sp³-hybridized carbons (Fsp3) is 0.355. The Morgan fingerprint density at radius 1 is 0.919 bits per heavy atom. The van der Waals surface area contributed by atoms with Gasteiger partial charge >= 0.3 is 0 Å². The fourth-order valence-corrected chi connectivity index (χ4v) is 4.14. The van der Waals surface area contributed by atoms with Crippen LogP contribution in [0.3, 0.4) is 0 Å². The molecule has 1 atom stereocenters. The van der Waals surface area contributed by atoms with E-state index in [0.29, 0.717) is 18.7 Å². The summed E-state index contributed by atoms with van der Waals surface area (Å²) < 4.78 is 19.6. The Labute approximate surface area is 219 Å². The Balaban J connectivity index is 1.92. The van der Waals surface area contributed by atoms with E-state index in [0.717, 1.165) is 23.1 Å². The van der Waals surface area contributed by atoms with Crippen molar-refractivity contribution in [3.8, 4) is 5.75 Å². The van der Waals surface area contributed by atoms with Crippen LogP contribution < -0.4 is 10.1 Å². The van der Waals surface area contributed by atoms with Crippen LogP contribution >= 0.6 is 0 Å². The molecule has 0 aliphatic heterocycles. The van der Waals surface area contributed by atoms with Crippen LogP contribution in [0.2, 0.25) is 0 Å². The van der Waals surface area contributed by atoms with Crippen molar-refractivity contribution in [3.05, 3.63) is 101 Å². The second-order valence-corrected chi connectivity index (χ2v) is 10.2. The summed E-state index contributed by atoms with van der Waals surface area (Å²) in [5, 5.41) is 2.95. The monoisotopic (exact) mass is 504 g/mol. The normalized spacial score (nSPS) is 12.0. The average Bonchev–Trinajstić information content (AvgIpc) is 2.89. The highest BCUT2D eigenvalue weighted by atomic mass is 19.1. The third kappa shape index (κ3) is 8.17. The first-order valence-corrected chi connectivity index (χ1v) is 12.8. The highest BCUT2D eigenvalue weighted by Gasteiger charge is 2.31. The van der Waals surface area contributed by atoms with Crippen molar-refractivity contribution in [2.45, 2.75) is 58.5 Å². The Hall–Kier alpha value is -3.67. The zero-order valence-corrected chi connectivity index (χ0v) is 22.2. The largest absolute Gasteiger partial charge is 0.483 e. The summed E-state index contributed by atoms with van der Waals surface area (Å²) in [6.45, 7) is 8.69. The Morgan fingerprint density at radius 2 is 1.57 bits per heavy atom. The first-order valence-electron chi connectivity index (χ1n) is 12.8. The number of ether oxygens (including phenoxy) is 1. The number of hydrogen-bond donors (Lipinski definition) is 1. The van der Waals surface area contributed by atoms with E-state index in [1.807, 2.05) is 61.5 Å². The Bertz CT molecular complexity index is 1160. The van der Waals surface area contributed by atoms with Crippen molar-refractivity contribution < 1.29 is 18.7 Å². The summed E-state index contributed by atoms with van der Waals surface area (Å²) in [5.41, 5.74) is 2.50. The molecule has 196 valence electrons. The van der Waals surface area contributed by atoms with Gasteiger partial charge in [0.15, 0.2) is 6.61 Å². The summed E-state index contributed by atoms with van der Waals surface area (Å²) in [5.74, 6) is -0.262. The number of benzene rings is 3. The van der Waals surface area contributed by atoms with E-state index in [2.05, 4.69) is 26.1 Å². The number of nitrogens with zero attached hydrogens (tertiary/aromatic N) is 1.